The van der Waals surface area contributed by atoms with Crippen LogP contribution in [0.1, 0.15) is 117 Å². The van der Waals surface area contributed by atoms with Gasteiger partial charge in [0.25, 0.3) is 0 Å². The number of amides is 2. The number of alkyl halides is 3. The van der Waals surface area contributed by atoms with E-state index in [0.717, 1.165) is 85.0 Å². The van der Waals surface area contributed by atoms with Crippen molar-refractivity contribution in [2.45, 2.75) is 129 Å². The van der Waals surface area contributed by atoms with Crippen molar-refractivity contribution in [3.63, 3.8) is 0 Å². The Morgan fingerprint density at radius 2 is 1.70 bits per heavy atom. The number of aromatic nitrogens is 7. The maximum Gasteiger partial charge on any atom is 0.418 e. The van der Waals surface area contributed by atoms with Crippen LogP contribution < -0.4 is 36.1 Å². The Morgan fingerprint density at radius 3 is 2.35 bits per heavy atom. The van der Waals surface area contributed by atoms with Gasteiger partial charge in [0, 0.05) is 73.5 Å². The van der Waals surface area contributed by atoms with Crippen LogP contribution in [0.25, 0.3) is 44.5 Å². The smallest absolute Gasteiger partial charge is 0.418 e. The van der Waals surface area contributed by atoms with Gasteiger partial charge in [-0.3, -0.25) is 14.6 Å². The quantitative estimate of drug-likeness (QED) is 0.0314. The van der Waals surface area contributed by atoms with Crippen molar-refractivity contribution < 1.29 is 42.1 Å². The van der Waals surface area contributed by atoms with Gasteiger partial charge in [-0.15, -0.1) is 5.10 Å². The Bertz CT molecular complexity index is 3370. The average Bonchev–Trinajstić information content (AvgIpc) is 2.63. The number of nitrogens with one attached hydrogen (secondary N) is 3. The SMILES string of the molecule is Cc1cc(N)nc(-c2c(C3CC3)cc3c(N4CC5CC4CN5)nc(OC4CCOCC4)nc3c2OCc2ccc(-c3cn(C(C(C)C)C(C)CCCNC=O)nn3)cc2)c1C(F)(F)F.Cc1cnccc1-c1ccc(C(CO)NC=O)cc1. The van der Waals surface area contributed by atoms with Gasteiger partial charge in [0.15, 0.2) is 5.75 Å². The van der Waals surface area contributed by atoms with Gasteiger partial charge < -0.3 is 45.9 Å². The fourth-order valence-corrected chi connectivity index (χ4v) is 12.1. The molecule has 2 bridgehead atoms. The standard InChI is InChI=1S/C47H57F3N10O4.C15H16N2O2/c1-26(2)43(27(3)6-5-15-52-25-61)60-23-37(57-58-60)31-9-7-29(8-10-31)24-63-44-39(42-40(47(48,49)50)28(4)18-38(51)54-42)35(30-11-12-30)20-36-41(44)55-46(64-34-13-16-62-17-14-34)56-45(36)59-22-32-19-33(59)21-53-32;1-11-8-16-7-6-14(11)12-2-4-13(5-3-12)15(9-18)17-10-19/h7-10,18,20,23,25-27,30,32-34,43,53H,5-6,11-17,19,21-22,24H2,1-4H3,(H2,51,54)(H,52,61);2-8,10,15,18H,9H2,1H3,(H,17,19). The van der Waals surface area contributed by atoms with Gasteiger partial charge in [-0.1, -0.05) is 74.5 Å². The lowest BCUT2D eigenvalue weighted by atomic mass is 9.88. The largest absolute Gasteiger partial charge is 0.486 e. The van der Waals surface area contributed by atoms with Crippen LogP contribution in [0.15, 0.2) is 85.3 Å². The van der Waals surface area contributed by atoms with Crippen LogP contribution in [-0.2, 0) is 27.1 Å². The summed E-state index contributed by atoms with van der Waals surface area (Å²) in [6.45, 7) is 13.1. The van der Waals surface area contributed by atoms with Crippen molar-refractivity contribution in [2.75, 3.05) is 50.1 Å². The van der Waals surface area contributed by atoms with Crippen LogP contribution in [-0.4, -0.2) is 110 Å². The van der Waals surface area contributed by atoms with Crippen LogP contribution in [0.4, 0.5) is 24.8 Å². The number of nitrogens with two attached hydrogens (primary N) is 1. The number of nitrogen functional groups attached to an aromatic ring is 1. The summed E-state index contributed by atoms with van der Waals surface area (Å²) in [6.07, 6.45) is 7.67. The molecule has 11 rings (SSSR count). The zero-order chi connectivity index (χ0) is 58.4. The first kappa shape index (κ1) is 58.4. The minimum Gasteiger partial charge on any atom is -0.486 e. The van der Waals surface area contributed by atoms with Crippen LogP contribution in [0, 0.1) is 25.7 Å². The number of piperazine rings is 1. The minimum absolute atomic E-state index is 0.0143. The molecule has 18 nitrogen and oxygen atoms in total. The number of aryl methyl sites for hydroxylation is 2. The number of carbonyl (C=O) groups is 2. The number of nitrogens with zero attached hydrogens (tertiary/aromatic N) is 8. The summed E-state index contributed by atoms with van der Waals surface area (Å²) in [5, 5.41) is 27.9. The summed E-state index contributed by atoms with van der Waals surface area (Å²) in [7, 11) is 0. The maximum atomic E-state index is 15.2. The van der Waals surface area contributed by atoms with Crippen LogP contribution in [0.3, 0.4) is 0 Å². The van der Waals surface area contributed by atoms with E-state index < -0.39 is 11.7 Å². The monoisotopic (exact) mass is 1140 g/mol. The third kappa shape index (κ3) is 13.4. The molecular weight excluding hydrogens is 1070 g/mol. The lowest BCUT2D eigenvalue weighted by Gasteiger charge is -2.31. The highest BCUT2D eigenvalue weighted by Gasteiger charge is 2.43. The van der Waals surface area contributed by atoms with E-state index in [2.05, 4.69) is 61.9 Å². The molecule has 4 aliphatic rings. The van der Waals surface area contributed by atoms with E-state index in [4.69, 9.17) is 29.9 Å². The molecule has 3 saturated heterocycles. The lowest BCUT2D eigenvalue weighted by molar-refractivity contribution is -0.137. The molecule has 5 unspecified atom stereocenters. The lowest BCUT2D eigenvalue weighted by Crippen LogP contribution is -2.44. The van der Waals surface area contributed by atoms with Crippen LogP contribution >= 0.6 is 0 Å². The average molecular weight is 1140 g/mol. The fraction of sp³-hybridized carbons (Fsp3) is 0.452. The summed E-state index contributed by atoms with van der Waals surface area (Å²) < 4.78 is 66.5. The molecule has 2 amide bonds. The number of hydrogen-bond acceptors (Lipinski definition) is 15. The van der Waals surface area contributed by atoms with Crippen molar-refractivity contribution in [3.8, 4) is 45.4 Å². The highest BCUT2D eigenvalue weighted by molar-refractivity contribution is 6.01. The fourth-order valence-electron chi connectivity index (χ4n) is 12.1. The number of hydrogen-bond donors (Lipinski definition) is 5. The molecule has 21 heteroatoms. The molecule has 6 N–H and O–H groups in total. The molecule has 3 aliphatic heterocycles. The summed E-state index contributed by atoms with van der Waals surface area (Å²) >= 11 is 0. The van der Waals surface area contributed by atoms with Gasteiger partial charge in [0.1, 0.15) is 35.6 Å². The van der Waals surface area contributed by atoms with Gasteiger partial charge in [0.05, 0.1) is 49.4 Å². The Kier molecular flexibility index (Phi) is 18.2. The molecule has 0 spiro atoms. The van der Waals surface area contributed by atoms with Gasteiger partial charge >= 0.3 is 12.2 Å². The van der Waals surface area contributed by atoms with Gasteiger partial charge in [-0.2, -0.15) is 23.1 Å². The van der Waals surface area contributed by atoms with E-state index in [-0.39, 0.29) is 77.8 Å². The second kappa shape index (κ2) is 25.8. The number of ether oxygens (including phenoxy) is 3. The molecule has 83 heavy (non-hydrogen) atoms. The molecule has 5 atom stereocenters. The molecule has 438 valence electrons. The zero-order valence-corrected chi connectivity index (χ0v) is 47.5. The van der Waals surface area contributed by atoms with Crippen molar-refractivity contribution in [2.24, 2.45) is 11.8 Å². The Morgan fingerprint density at radius 1 is 0.940 bits per heavy atom. The first-order valence-electron chi connectivity index (χ1n) is 28.7. The Hall–Kier alpha value is -7.75. The second-order valence-electron chi connectivity index (χ2n) is 22.7. The highest BCUT2D eigenvalue weighted by Crippen LogP contribution is 2.54. The van der Waals surface area contributed by atoms with E-state index in [1.807, 2.05) is 84.7 Å². The first-order chi connectivity index (χ1) is 40.1. The van der Waals surface area contributed by atoms with Crippen LogP contribution in [0.2, 0.25) is 0 Å². The molecule has 7 aromatic rings. The number of rotatable bonds is 22. The van der Waals surface area contributed by atoms with E-state index >= 15 is 13.2 Å². The first-order valence-corrected chi connectivity index (χ1v) is 28.7. The number of aliphatic hydroxyl groups is 1. The number of aliphatic hydroxyl groups excluding tert-OH is 1. The minimum atomic E-state index is -4.73. The van der Waals surface area contributed by atoms with Gasteiger partial charge in [-0.05, 0) is 121 Å². The van der Waals surface area contributed by atoms with Gasteiger partial charge in [-0.25, -0.2) is 9.67 Å². The number of anilines is 2. The summed E-state index contributed by atoms with van der Waals surface area (Å²) in [4.78, 5) is 42.1. The van der Waals surface area contributed by atoms with Crippen LogP contribution in [0.5, 0.6) is 11.8 Å². The Balaban J connectivity index is 0.000000343. The number of fused-ring (bicyclic) bond motifs is 3. The number of carbonyl (C=O) groups excluding carboxylic acids is 2. The third-order valence-electron chi connectivity index (χ3n) is 16.4. The molecule has 7 heterocycles. The number of pyridine rings is 2. The van der Waals surface area contributed by atoms with Gasteiger partial charge in [0.2, 0.25) is 12.8 Å². The highest BCUT2D eigenvalue weighted by atomic mass is 19.4. The molecule has 1 saturated carbocycles. The van der Waals surface area contributed by atoms with Crippen molar-refractivity contribution in [1.82, 2.24) is 50.9 Å². The maximum absolute atomic E-state index is 15.2. The molecule has 1 aliphatic carbocycles. The van der Waals surface area contributed by atoms with E-state index in [1.165, 1.54) is 13.0 Å². The third-order valence-corrected chi connectivity index (χ3v) is 16.4. The van der Waals surface area contributed by atoms with Crippen molar-refractivity contribution >= 4 is 35.4 Å². The predicted octanol–water partition coefficient (Wildman–Crippen LogP) is 9.62. The molecule has 3 aromatic carbocycles. The molecular formula is C62H73F3N12O6. The molecule has 4 fully saturated rings. The number of halogens is 3. The van der Waals surface area contributed by atoms with E-state index in [0.29, 0.717) is 84.9 Å². The molecule has 4 aromatic heterocycles. The van der Waals surface area contributed by atoms with Crippen molar-refractivity contribution in [3.05, 3.63) is 119 Å². The van der Waals surface area contributed by atoms with E-state index in [1.54, 1.807) is 6.20 Å². The topological polar surface area (TPSA) is 230 Å². The summed E-state index contributed by atoms with van der Waals surface area (Å²) in [6, 6.07) is 21.1. The predicted molar refractivity (Wildman–Crippen MR) is 310 cm³/mol. The summed E-state index contributed by atoms with van der Waals surface area (Å²) in [5.41, 5.74) is 13.0. The normalized spacial score (nSPS) is 18.1. The Labute approximate surface area is 481 Å². The van der Waals surface area contributed by atoms with Crippen molar-refractivity contribution in [1.29, 1.82) is 0 Å². The van der Waals surface area contributed by atoms with E-state index in [9.17, 15) is 14.7 Å². The summed E-state index contributed by atoms with van der Waals surface area (Å²) in [5.74, 6) is 1.44. The molecule has 0 radical (unpaired) electrons. The second-order valence-corrected chi connectivity index (χ2v) is 22.7. The zero-order valence-electron chi connectivity index (χ0n) is 47.5. The number of benzene rings is 3.